The highest BCUT2D eigenvalue weighted by molar-refractivity contribution is 8.13. The molecule has 3 rings (SSSR count). The molecule has 1 aliphatic heterocycles. The van der Waals surface area contributed by atoms with Gasteiger partial charge in [0.05, 0.1) is 0 Å². The van der Waals surface area contributed by atoms with Crippen molar-refractivity contribution in [3.8, 4) is 0 Å². The first-order valence-electron chi connectivity index (χ1n) is 9.19. The lowest BCUT2D eigenvalue weighted by molar-refractivity contribution is -0.120. The summed E-state index contributed by atoms with van der Waals surface area (Å²) in [5, 5.41) is 3.01. The quantitative estimate of drug-likeness (QED) is 0.852. The molecule has 1 heterocycles. The topological polar surface area (TPSA) is 49.4 Å². The molecule has 1 aliphatic carbocycles. The molecule has 25 heavy (non-hydrogen) atoms. The Labute approximate surface area is 154 Å². The van der Waals surface area contributed by atoms with E-state index in [1.54, 1.807) is 0 Å². The molecule has 4 nitrogen and oxygen atoms in total. The Morgan fingerprint density at radius 3 is 2.80 bits per heavy atom. The van der Waals surface area contributed by atoms with Crippen LogP contribution in [0.3, 0.4) is 0 Å². The molecular formula is C20H26N2O2S. The second-order valence-corrected chi connectivity index (χ2v) is 7.72. The normalized spacial score (nSPS) is 19.8. The van der Waals surface area contributed by atoms with Crippen molar-refractivity contribution in [2.75, 3.05) is 12.3 Å². The first-order chi connectivity index (χ1) is 12.2. The molecule has 0 spiro atoms. The molecule has 5 heteroatoms. The molecule has 2 aliphatic rings. The van der Waals surface area contributed by atoms with Crippen molar-refractivity contribution in [1.29, 1.82) is 0 Å². The average molecular weight is 359 g/mol. The molecule has 1 aromatic rings. The second-order valence-electron chi connectivity index (χ2n) is 6.68. The van der Waals surface area contributed by atoms with Crippen LogP contribution in [0.25, 0.3) is 0 Å². The number of thioether (sulfide) groups is 1. The van der Waals surface area contributed by atoms with Crippen LogP contribution in [0.2, 0.25) is 0 Å². The molecule has 0 bridgehead atoms. The van der Waals surface area contributed by atoms with E-state index in [1.165, 1.54) is 36.7 Å². The lowest BCUT2D eigenvalue weighted by Crippen LogP contribution is -2.37. The highest BCUT2D eigenvalue weighted by Gasteiger charge is 2.30. The minimum Gasteiger partial charge on any atom is -0.352 e. The van der Waals surface area contributed by atoms with E-state index in [1.807, 2.05) is 35.2 Å². The summed E-state index contributed by atoms with van der Waals surface area (Å²) in [4.78, 5) is 26.4. The molecule has 0 aromatic heterocycles. The number of piperidine rings is 1. The summed E-state index contributed by atoms with van der Waals surface area (Å²) in [7, 11) is 0. The van der Waals surface area contributed by atoms with E-state index in [0.29, 0.717) is 24.6 Å². The van der Waals surface area contributed by atoms with Gasteiger partial charge in [-0.05, 0) is 43.6 Å². The molecule has 1 atom stereocenters. The van der Waals surface area contributed by atoms with Gasteiger partial charge >= 0.3 is 0 Å². The number of likely N-dealkylation sites (tertiary alicyclic amines) is 1. The van der Waals surface area contributed by atoms with Gasteiger partial charge in [0.1, 0.15) is 0 Å². The lowest BCUT2D eigenvalue weighted by atomic mass is 9.85. The van der Waals surface area contributed by atoms with Crippen molar-refractivity contribution >= 4 is 22.9 Å². The Hall–Kier alpha value is -1.75. The zero-order chi connectivity index (χ0) is 17.5. The molecule has 0 saturated carbocycles. The van der Waals surface area contributed by atoms with Gasteiger partial charge in [-0.3, -0.25) is 9.59 Å². The van der Waals surface area contributed by atoms with E-state index in [-0.39, 0.29) is 11.1 Å². The maximum Gasteiger partial charge on any atom is 0.285 e. The number of fused-ring (bicyclic) bond motifs is 1. The van der Waals surface area contributed by atoms with E-state index in [9.17, 15) is 9.59 Å². The van der Waals surface area contributed by atoms with Crippen LogP contribution in [0, 0.1) is 5.92 Å². The van der Waals surface area contributed by atoms with E-state index in [4.69, 9.17) is 0 Å². The number of rotatable bonds is 5. The minimum atomic E-state index is -0.00226. The Kier molecular flexibility index (Phi) is 6.56. The third-order valence-corrected chi connectivity index (χ3v) is 5.76. The highest BCUT2D eigenvalue weighted by Crippen LogP contribution is 2.36. The summed E-state index contributed by atoms with van der Waals surface area (Å²) >= 11 is 1.27. The number of nitrogens with one attached hydrogen (secondary N) is 1. The Balaban J connectivity index is 1.40. The Morgan fingerprint density at radius 1 is 1.16 bits per heavy atom. The molecular weight excluding hydrogens is 332 g/mol. The fourth-order valence-electron chi connectivity index (χ4n) is 3.57. The number of hydrogen-bond acceptors (Lipinski definition) is 3. The Bertz CT molecular complexity index is 630. The van der Waals surface area contributed by atoms with Crippen molar-refractivity contribution in [1.82, 2.24) is 10.2 Å². The number of benzene rings is 1. The molecule has 1 aromatic carbocycles. The third-order valence-electron chi connectivity index (χ3n) is 4.88. The summed E-state index contributed by atoms with van der Waals surface area (Å²) in [5.41, 5.74) is 2.33. The minimum absolute atomic E-state index is 0.00226. The monoisotopic (exact) mass is 358 g/mol. The SMILES string of the molecule is O=C(CCSC(=O)N1CCCC2CCCC=C21)NCc1ccccc1. The fraction of sp³-hybridized carbons (Fsp3) is 0.500. The van der Waals surface area contributed by atoms with Crippen molar-refractivity contribution < 1.29 is 9.59 Å². The van der Waals surface area contributed by atoms with Crippen LogP contribution in [0.1, 0.15) is 44.1 Å². The zero-order valence-corrected chi connectivity index (χ0v) is 15.4. The zero-order valence-electron chi connectivity index (χ0n) is 14.6. The van der Waals surface area contributed by atoms with Gasteiger partial charge < -0.3 is 10.2 Å². The first-order valence-corrected chi connectivity index (χ1v) is 10.2. The van der Waals surface area contributed by atoms with Gasteiger partial charge in [0.2, 0.25) is 5.91 Å². The molecule has 1 unspecified atom stereocenters. The van der Waals surface area contributed by atoms with Crippen LogP contribution in [0.5, 0.6) is 0 Å². The predicted octanol–water partition coefficient (Wildman–Crippen LogP) is 4.33. The maximum atomic E-state index is 12.5. The van der Waals surface area contributed by atoms with Crippen molar-refractivity contribution in [3.63, 3.8) is 0 Å². The van der Waals surface area contributed by atoms with Crippen molar-refractivity contribution in [2.45, 2.75) is 45.1 Å². The van der Waals surface area contributed by atoms with E-state index in [2.05, 4.69) is 11.4 Å². The molecule has 0 radical (unpaired) electrons. The van der Waals surface area contributed by atoms with Gasteiger partial charge in [0.15, 0.2) is 0 Å². The number of hydrogen-bond donors (Lipinski definition) is 1. The van der Waals surface area contributed by atoms with Gasteiger partial charge in [-0.15, -0.1) is 0 Å². The second kappa shape index (κ2) is 9.09. The average Bonchev–Trinajstić information content (AvgIpc) is 2.66. The van der Waals surface area contributed by atoms with Gasteiger partial charge in [0.25, 0.3) is 5.24 Å². The molecule has 134 valence electrons. The Morgan fingerprint density at radius 2 is 1.96 bits per heavy atom. The van der Waals surface area contributed by atoms with Crippen LogP contribution in [-0.2, 0) is 11.3 Å². The number of carbonyl (C=O) groups excluding carboxylic acids is 2. The lowest BCUT2D eigenvalue weighted by Gasteiger charge is -2.37. The fourth-order valence-corrected chi connectivity index (χ4v) is 4.38. The molecule has 1 saturated heterocycles. The van der Waals surface area contributed by atoms with Crippen molar-refractivity contribution in [2.24, 2.45) is 5.92 Å². The van der Waals surface area contributed by atoms with Crippen LogP contribution in [0.15, 0.2) is 42.1 Å². The number of amides is 2. The summed E-state index contributed by atoms with van der Waals surface area (Å²) in [6.07, 6.45) is 8.46. The van der Waals surface area contributed by atoms with Gasteiger partial charge in [-0.1, -0.05) is 48.2 Å². The standard InChI is InChI=1S/C20H26N2O2S/c23-19(21-15-16-7-2-1-3-8-16)12-14-25-20(24)22-13-6-10-17-9-4-5-11-18(17)22/h1-3,7-8,11,17H,4-6,9-10,12-15H2,(H,21,23). The highest BCUT2D eigenvalue weighted by atomic mass is 32.2. The van der Waals surface area contributed by atoms with E-state index < -0.39 is 0 Å². The molecule has 1 fully saturated rings. The molecule has 1 N–H and O–H groups in total. The van der Waals surface area contributed by atoms with Crippen LogP contribution in [-0.4, -0.2) is 28.3 Å². The van der Waals surface area contributed by atoms with Crippen molar-refractivity contribution in [3.05, 3.63) is 47.7 Å². The third kappa shape index (κ3) is 5.11. The van der Waals surface area contributed by atoms with Crippen LogP contribution >= 0.6 is 11.8 Å². The number of nitrogens with zero attached hydrogens (tertiary/aromatic N) is 1. The smallest absolute Gasteiger partial charge is 0.285 e. The van der Waals surface area contributed by atoms with Gasteiger partial charge in [-0.25, -0.2) is 0 Å². The van der Waals surface area contributed by atoms with E-state index >= 15 is 0 Å². The van der Waals surface area contributed by atoms with Crippen LogP contribution < -0.4 is 5.32 Å². The predicted molar refractivity (Wildman–Crippen MR) is 102 cm³/mol. The summed E-state index contributed by atoms with van der Waals surface area (Å²) < 4.78 is 0. The summed E-state index contributed by atoms with van der Waals surface area (Å²) in [6.45, 7) is 1.37. The summed E-state index contributed by atoms with van der Waals surface area (Å²) in [5.74, 6) is 1.10. The maximum absolute atomic E-state index is 12.5. The van der Waals surface area contributed by atoms with Gasteiger partial charge in [0, 0.05) is 31.0 Å². The van der Waals surface area contributed by atoms with E-state index in [0.717, 1.165) is 24.9 Å². The largest absolute Gasteiger partial charge is 0.352 e. The number of carbonyl (C=O) groups is 2. The summed E-state index contributed by atoms with van der Waals surface area (Å²) in [6, 6.07) is 9.86. The van der Waals surface area contributed by atoms with Gasteiger partial charge in [-0.2, -0.15) is 0 Å². The molecule has 2 amide bonds. The number of allylic oxidation sites excluding steroid dienone is 2. The van der Waals surface area contributed by atoms with Crippen LogP contribution in [0.4, 0.5) is 4.79 Å². The first kappa shape index (κ1) is 18.1.